The number of amidine groups is 1. The molecule has 2 aliphatic rings. The third kappa shape index (κ3) is 6.41. The van der Waals surface area contributed by atoms with Gasteiger partial charge >= 0.3 is 0 Å². The van der Waals surface area contributed by atoms with Crippen LogP contribution in [0, 0.1) is 5.41 Å². The lowest BCUT2D eigenvalue weighted by atomic mass is 10.1. The molecule has 4 amide bonds. The highest BCUT2D eigenvalue weighted by atomic mass is 16.5. The maximum Gasteiger partial charge on any atom is 0.259 e. The van der Waals surface area contributed by atoms with Crippen LogP contribution in [0.5, 0.6) is 0 Å². The molecule has 39 heavy (non-hydrogen) atoms. The van der Waals surface area contributed by atoms with Gasteiger partial charge in [-0.1, -0.05) is 6.07 Å². The number of nitrogen functional groups attached to an aromatic ring is 1. The lowest BCUT2D eigenvalue weighted by Crippen LogP contribution is -2.55. The molecule has 0 aromatic heterocycles. The number of nitrogens with one attached hydrogen (secondary N) is 2. The van der Waals surface area contributed by atoms with Crippen LogP contribution in [0.25, 0.3) is 0 Å². The third-order valence-electron chi connectivity index (χ3n) is 6.72. The van der Waals surface area contributed by atoms with E-state index in [9.17, 15) is 24.3 Å². The molecule has 0 radical (unpaired) electrons. The van der Waals surface area contributed by atoms with E-state index < -0.39 is 24.0 Å². The molecule has 2 fully saturated rings. The molecule has 0 saturated carbocycles. The number of hydrogen-bond acceptors (Lipinski definition) is 7. The molecule has 0 unspecified atom stereocenters. The summed E-state index contributed by atoms with van der Waals surface area (Å²) in [5.74, 6) is -2.05. The Hall–Kier alpha value is -4.29. The number of likely N-dealkylation sites (N-methyl/N-ethyl adjacent to an activating group) is 1. The molecule has 2 aromatic carbocycles. The number of aliphatic hydroxyl groups excluding tert-OH is 1. The van der Waals surface area contributed by atoms with Crippen LogP contribution in [-0.2, 0) is 19.1 Å². The van der Waals surface area contributed by atoms with E-state index in [-0.39, 0.29) is 37.3 Å². The van der Waals surface area contributed by atoms with Gasteiger partial charge in [0.1, 0.15) is 5.84 Å². The van der Waals surface area contributed by atoms with Gasteiger partial charge < -0.3 is 35.6 Å². The first-order valence-electron chi connectivity index (χ1n) is 12.7. The molecule has 2 heterocycles. The summed E-state index contributed by atoms with van der Waals surface area (Å²) in [4.78, 5) is 55.8. The van der Waals surface area contributed by atoms with Crippen molar-refractivity contribution in [3.63, 3.8) is 0 Å². The maximum atomic E-state index is 13.2. The van der Waals surface area contributed by atoms with Crippen LogP contribution in [0.4, 0.5) is 11.4 Å². The minimum Gasteiger partial charge on any atom is -0.384 e. The first-order valence-corrected chi connectivity index (χ1v) is 12.7. The van der Waals surface area contributed by atoms with Crippen molar-refractivity contribution in [2.24, 2.45) is 5.73 Å². The smallest absolute Gasteiger partial charge is 0.259 e. The number of ether oxygens (including phenoxy) is 1. The van der Waals surface area contributed by atoms with E-state index in [4.69, 9.17) is 15.9 Å². The molecule has 5 N–H and O–H groups in total. The first-order chi connectivity index (χ1) is 18.7. The number of nitrogens with zero attached hydrogens (tertiary/aromatic N) is 3. The number of carbonyl (C=O) groups is 4. The fraction of sp³-hybridized carbons (Fsp3) is 0.370. The van der Waals surface area contributed by atoms with E-state index in [0.717, 1.165) is 12.8 Å². The zero-order chi connectivity index (χ0) is 28.1. The molecule has 206 valence electrons. The fourth-order valence-corrected chi connectivity index (χ4v) is 4.54. The predicted octanol–water partition coefficient (Wildman–Crippen LogP) is 0.396. The monoisotopic (exact) mass is 536 g/mol. The van der Waals surface area contributed by atoms with Crippen LogP contribution in [0.3, 0.4) is 0 Å². The van der Waals surface area contributed by atoms with E-state index >= 15 is 0 Å². The minimum atomic E-state index is -1.79. The second-order valence-corrected chi connectivity index (χ2v) is 9.51. The summed E-state index contributed by atoms with van der Waals surface area (Å²) in [5, 5.41) is 20.6. The first kappa shape index (κ1) is 27.7. The van der Waals surface area contributed by atoms with Crippen LogP contribution in [0.1, 0.15) is 28.8 Å². The summed E-state index contributed by atoms with van der Waals surface area (Å²) >= 11 is 0. The molecular formula is C27H32N6O6. The second kappa shape index (κ2) is 12.0. The highest BCUT2D eigenvalue weighted by molar-refractivity contribution is 6.05. The summed E-state index contributed by atoms with van der Waals surface area (Å²) in [6.45, 7) is 1.59. The second-order valence-electron chi connectivity index (χ2n) is 9.51. The van der Waals surface area contributed by atoms with Crippen molar-refractivity contribution in [3.05, 3.63) is 59.7 Å². The largest absolute Gasteiger partial charge is 0.384 e. The zero-order valence-corrected chi connectivity index (χ0v) is 21.6. The average Bonchev–Trinajstić information content (AvgIpc) is 3.48. The van der Waals surface area contributed by atoms with E-state index in [2.05, 4.69) is 5.32 Å². The van der Waals surface area contributed by atoms with Crippen LogP contribution < -0.4 is 16.0 Å². The summed E-state index contributed by atoms with van der Waals surface area (Å²) in [7, 11) is 1.56. The quantitative estimate of drug-likeness (QED) is 0.279. The number of morpholine rings is 1. The molecular weight excluding hydrogens is 504 g/mol. The van der Waals surface area contributed by atoms with Gasteiger partial charge in [-0.15, -0.1) is 0 Å². The number of carbonyl (C=O) groups excluding carboxylic acids is 4. The Labute approximate surface area is 225 Å². The van der Waals surface area contributed by atoms with E-state index in [1.807, 2.05) is 0 Å². The SMILES string of the molecule is CN(CC(=O)N1CCCC1)C(=O)c1cccc(N2CCO[C@H]([C@@H](O)C(=O)Nc3ccc(C(=N)N)cc3)C2=O)c1. The standard InChI is InChI=1S/C27H32N6O6/c1-31(16-21(34)32-11-2-3-12-32)26(37)18-5-4-6-20(15-18)33-13-14-39-23(27(33)38)22(35)25(36)30-19-9-7-17(8-10-19)24(28)29/h4-10,15,22-23,35H,2-3,11-14,16H2,1H3,(H3,28,29)(H,30,36)/t22-,23-/m1/s1. The van der Waals surface area contributed by atoms with Crippen LogP contribution in [-0.4, -0.2) is 96.4 Å². The fourth-order valence-electron chi connectivity index (χ4n) is 4.54. The molecule has 2 aromatic rings. The van der Waals surface area contributed by atoms with Crippen molar-refractivity contribution < 1.29 is 29.0 Å². The van der Waals surface area contributed by atoms with Gasteiger partial charge in [-0.05, 0) is 55.3 Å². The zero-order valence-electron chi connectivity index (χ0n) is 21.6. The molecule has 4 rings (SSSR count). The topological polar surface area (TPSA) is 169 Å². The van der Waals surface area contributed by atoms with Crippen molar-refractivity contribution in [2.45, 2.75) is 25.0 Å². The van der Waals surface area contributed by atoms with Gasteiger partial charge in [0.25, 0.3) is 17.7 Å². The van der Waals surface area contributed by atoms with E-state index in [0.29, 0.717) is 35.6 Å². The Bertz CT molecular complexity index is 1260. The summed E-state index contributed by atoms with van der Waals surface area (Å²) in [5.41, 5.74) is 6.96. The molecule has 2 atom stereocenters. The van der Waals surface area contributed by atoms with Crippen molar-refractivity contribution in [1.29, 1.82) is 5.41 Å². The van der Waals surface area contributed by atoms with Crippen molar-refractivity contribution >= 4 is 40.8 Å². The van der Waals surface area contributed by atoms with Crippen LogP contribution >= 0.6 is 0 Å². The van der Waals surface area contributed by atoms with Gasteiger partial charge in [0.15, 0.2) is 12.2 Å². The Kier molecular flexibility index (Phi) is 8.57. The number of hydrogen-bond donors (Lipinski definition) is 4. The highest BCUT2D eigenvalue weighted by Gasteiger charge is 2.39. The van der Waals surface area contributed by atoms with Gasteiger partial charge in [-0.2, -0.15) is 0 Å². The molecule has 2 aliphatic heterocycles. The number of rotatable bonds is 8. The van der Waals surface area contributed by atoms with Crippen LogP contribution in [0.2, 0.25) is 0 Å². The van der Waals surface area contributed by atoms with Gasteiger partial charge in [0, 0.05) is 49.2 Å². The molecule has 12 heteroatoms. The summed E-state index contributed by atoms with van der Waals surface area (Å²) in [6, 6.07) is 12.6. The Morgan fingerprint density at radius 1 is 1.13 bits per heavy atom. The summed E-state index contributed by atoms with van der Waals surface area (Å²) in [6.07, 6.45) is -1.31. The Morgan fingerprint density at radius 2 is 1.82 bits per heavy atom. The van der Waals surface area contributed by atoms with Gasteiger partial charge in [0.2, 0.25) is 5.91 Å². The summed E-state index contributed by atoms with van der Waals surface area (Å²) < 4.78 is 5.46. The number of amides is 4. The number of nitrogens with two attached hydrogens (primary N) is 1. The van der Waals surface area contributed by atoms with Crippen molar-refractivity contribution in [2.75, 3.05) is 50.1 Å². The van der Waals surface area contributed by atoms with E-state index in [1.165, 1.54) is 21.9 Å². The Balaban J connectivity index is 1.41. The number of benzene rings is 2. The molecule has 2 saturated heterocycles. The van der Waals surface area contributed by atoms with Crippen LogP contribution in [0.15, 0.2) is 48.5 Å². The van der Waals surface area contributed by atoms with Crippen molar-refractivity contribution in [1.82, 2.24) is 9.80 Å². The lowest BCUT2D eigenvalue weighted by Gasteiger charge is -2.34. The molecule has 0 aliphatic carbocycles. The minimum absolute atomic E-state index is 0.0413. The van der Waals surface area contributed by atoms with Gasteiger partial charge in [0.05, 0.1) is 13.2 Å². The lowest BCUT2D eigenvalue weighted by molar-refractivity contribution is -0.150. The molecule has 0 bridgehead atoms. The number of anilines is 2. The average molecular weight is 537 g/mol. The highest BCUT2D eigenvalue weighted by Crippen LogP contribution is 2.23. The normalized spacial score (nSPS) is 18.0. The number of aliphatic hydroxyl groups is 1. The Morgan fingerprint density at radius 3 is 2.49 bits per heavy atom. The van der Waals surface area contributed by atoms with Crippen molar-refractivity contribution in [3.8, 4) is 0 Å². The molecule has 12 nitrogen and oxygen atoms in total. The third-order valence-corrected chi connectivity index (χ3v) is 6.72. The maximum absolute atomic E-state index is 13.2. The van der Waals surface area contributed by atoms with E-state index in [1.54, 1.807) is 48.3 Å². The van der Waals surface area contributed by atoms with Gasteiger partial charge in [-0.25, -0.2) is 0 Å². The molecule has 0 spiro atoms. The predicted molar refractivity (Wildman–Crippen MR) is 143 cm³/mol. The van der Waals surface area contributed by atoms with Gasteiger partial charge in [-0.3, -0.25) is 24.6 Å². The number of likely N-dealkylation sites (tertiary alicyclic amines) is 1.